The highest BCUT2D eigenvalue weighted by Crippen LogP contribution is 2.20. The van der Waals surface area contributed by atoms with Gasteiger partial charge in [0.15, 0.2) is 0 Å². The molecular weight excluding hydrogens is 404 g/mol. The maximum atomic E-state index is 12.7. The molecule has 0 aromatic heterocycles. The first-order chi connectivity index (χ1) is 15.2. The molecule has 0 aliphatic heterocycles. The van der Waals surface area contributed by atoms with Crippen LogP contribution in [-0.4, -0.2) is 17.8 Å². The van der Waals surface area contributed by atoms with E-state index in [1.54, 1.807) is 60.7 Å². The van der Waals surface area contributed by atoms with Gasteiger partial charge in [0.1, 0.15) is 0 Å². The Kier molecular flexibility index (Phi) is 6.90. The molecule has 0 aliphatic carbocycles. The van der Waals surface area contributed by atoms with Gasteiger partial charge in [-0.1, -0.05) is 51.1 Å². The van der Waals surface area contributed by atoms with E-state index in [1.807, 2.05) is 39.0 Å². The van der Waals surface area contributed by atoms with Gasteiger partial charge in [-0.05, 0) is 48.5 Å². The van der Waals surface area contributed by atoms with E-state index in [0.717, 1.165) is 0 Å². The number of urea groups is 1. The molecule has 3 rings (SSSR count). The maximum absolute atomic E-state index is 12.7. The average Bonchev–Trinajstić information content (AvgIpc) is 2.74. The summed E-state index contributed by atoms with van der Waals surface area (Å²) in [5.41, 5.74) is 2.13. The van der Waals surface area contributed by atoms with Crippen LogP contribution in [-0.2, 0) is 4.79 Å². The molecule has 0 bridgehead atoms. The monoisotopic (exact) mass is 430 g/mol. The molecule has 0 radical (unpaired) electrons. The van der Waals surface area contributed by atoms with Crippen LogP contribution in [0.25, 0.3) is 0 Å². The van der Waals surface area contributed by atoms with Crippen molar-refractivity contribution in [3.63, 3.8) is 0 Å². The molecule has 3 aromatic rings. The fourth-order valence-electron chi connectivity index (χ4n) is 2.75. The van der Waals surface area contributed by atoms with Crippen molar-refractivity contribution in [2.24, 2.45) is 5.41 Å². The number of benzene rings is 3. The summed E-state index contributed by atoms with van der Waals surface area (Å²) in [6.45, 7) is 5.46. The summed E-state index contributed by atoms with van der Waals surface area (Å²) < 4.78 is 0. The molecule has 7 nitrogen and oxygen atoms in total. The quantitative estimate of drug-likeness (QED) is 0.426. The second-order valence-corrected chi connectivity index (χ2v) is 8.27. The first-order valence-corrected chi connectivity index (χ1v) is 10.2. The SMILES string of the molecule is CC(C)(C)C(=O)Nc1cccc(C(=O)Nc2cccc(NC(=O)Nc3ccccc3)c2)c1. The number of nitrogens with one attached hydrogen (secondary N) is 4. The Hall–Kier alpha value is -4.13. The smallest absolute Gasteiger partial charge is 0.323 e. The number of hydrogen-bond donors (Lipinski definition) is 4. The van der Waals surface area contributed by atoms with E-state index in [2.05, 4.69) is 21.3 Å². The topological polar surface area (TPSA) is 99.3 Å². The van der Waals surface area contributed by atoms with Gasteiger partial charge >= 0.3 is 6.03 Å². The predicted octanol–water partition coefficient (Wildman–Crippen LogP) is 5.57. The first kappa shape index (κ1) is 22.6. The number of amides is 4. The third-order valence-corrected chi connectivity index (χ3v) is 4.47. The Balaban J connectivity index is 1.64. The van der Waals surface area contributed by atoms with E-state index in [4.69, 9.17) is 0 Å². The van der Waals surface area contributed by atoms with Crippen LogP contribution in [0.5, 0.6) is 0 Å². The molecule has 4 amide bonds. The summed E-state index contributed by atoms with van der Waals surface area (Å²) in [6, 6.07) is 22.3. The number of hydrogen-bond acceptors (Lipinski definition) is 3. The van der Waals surface area contributed by atoms with E-state index >= 15 is 0 Å². The van der Waals surface area contributed by atoms with E-state index in [0.29, 0.717) is 28.3 Å². The van der Waals surface area contributed by atoms with Gasteiger partial charge in [0.2, 0.25) is 5.91 Å². The first-order valence-electron chi connectivity index (χ1n) is 10.2. The van der Waals surface area contributed by atoms with Gasteiger partial charge in [-0.15, -0.1) is 0 Å². The third kappa shape index (κ3) is 6.43. The molecular formula is C25H26N4O3. The van der Waals surface area contributed by atoms with Gasteiger partial charge < -0.3 is 21.3 Å². The summed E-state index contributed by atoms with van der Waals surface area (Å²) in [5, 5.41) is 11.1. The molecule has 0 heterocycles. The van der Waals surface area contributed by atoms with E-state index in [9.17, 15) is 14.4 Å². The lowest BCUT2D eigenvalue weighted by Gasteiger charge is -2.18. The molecule has 0 saturated heterocycles. The van der Waals surface area contributed by atoms with Crippen LogP contribution in [0, 0.1) is 5.41 Å². The van der Waals surface area contributed by atoms with Gasteiger partial charge in [-0.25, -0.2) is 4.79 Å². The molecule has 0 aliphatic rings. The largest absolute Gasteiger partial charge is 0.326 e. The van der Waals surface area contributed by atoms with E-state index < -0.39 is 5.41 Å². The van der Waals surface area contributed by atoms with Crippen molar-refractivity contribution in [2.75, 3.05) is 21.3 Å². The molecule has 0 atom stereocenters. The van der Waals surface area contributed by atoms with Crippen LogP contribution in [0.3, 0.4) is 0 Å². The van der Waals surface area contributed by atoms with Crippen molar-refractivity contribution in [3.05, 3.63) is 84.4 Å². The van der Waals surface area contributed by atoms with Crippen molar-refractivity contribution >= 4 is 40.6 Å². The van der Waals surface area contributed by atoms with Crippen molar-refractivity contribution in [1.82, 2.24) is 0 Å². The second-order valence-electron chi connectivity index (χ2n) is 8.27. The lowest BCUT2D eigenvalue weighted by molar-refractivity contribution is -0.123. The van der Waals surface area contributed by atoms with Crippen LogP contribution >= 0.6 is 0 Å². The van der Waals surface area contributed by atoms with Crippen LogP contribution in [0.1, 0.15) is 31.1 Å². The number of rotatable bonds is 5. The minimum Gasteiger partial charge on any atom is -0.326 e. The molecule has 4 N–H and O–H groups in total. The van der Waals surface area contributed by atoms with Crippen LogP contribution in [0.4, 0.5) is 27.5 Å². The highest BCUT2D eigenvalue weighted by Gasteiger charge is 2.21. The van der Waals surface area contributed by atoms with Crippen molar-refractivity contribution in [1.29, 1.82) is 0 Å². The lowest BCUT2D eigenvalue weighted by atomic mass is 9.95. The normalized spacial score (nSPS) is 10.7. The molecule has 32 heavy (non-hydrogen) atoms. The maximum Gasteiger partial charge on any atom is 0.323 e. The third-order valence-electron chi connectivity index (χ3n) is 4.47. The summed E-state index contributed by atoms with van der Waals surface area (Å²) in [4.78, 5) is 37.1. The van der Waals surface area contributed by atoms with E-state index in [1.165, 1.54) is 0 Å². The van der Waals surface area contributed by atoms with E-state index in [-0.39, 0.29) is 17.8 Å². The summed E-state index contributed by atoms with van der Waals surface area (Å²) in [5.74, 6) is -0.467. The minimum absolute atomic E-state index is 0.136. The van der Waals surface area contributed by atoms with Gasteiger partial charge in [0.25, 0.3) is 5.91 Å². The van der Waals surface area contributed by atoms with Crippen molar-refractivity contribution in [3.8, 4) is 0 Å². The Morgan fingerprint density at radius 3 is 1.78 bits per heavy atom. The lowest BCUT2D eigenvalue weighted by Crippen LogP contribution is -2.27. The van der Waals surface area contributed by atoms with Gasteiger partial charge in [0.05, 0.1) is 0 Å². The highest BCUT2D eigenvalue weighted by atomic mass is 16.2. The zero-order chi connectivity index (χ0) is 23.1. The molecule has 7 heteroatoms. The Morgan fingerprint density at radius 2 is 1.12 bits per heavy atom. The van der Waals surface area contributed by atoms with Gasteiger partial charge in [0, 0.05) is 33.7 Å². The summed E-state index contributed by atoms with van der Waals surface area (Å²) in [6.07, 6.45) is 0. The van der Waals surface area contributed by atoms with Crippen molar-refractivity contribution in [2.45, 2.75) is 20.8 Å². The molecule has 0 unspecified atom stereocenters. The van der Waals surface area contributed by atoms with Gasteiger partial charge in [-0.2, -0.15) is 0 Å². The number of carbonyl (C=O) groups excluding carboxylic acids is 3. The second kappa shape index (κ2) is 9.78. The van der Waals surface area contributed by atoms with Gasteiger partial charge in [-0.3, -0.25) is 9.59 Å². The number of para-hydroxylation sites is 1. The summed E-state index contributed by atoms with van der Waals surface area (Å²) in [7, 11) is 0. The standard InChI is InChI=1S/C25H26N4O3/c1-25(2,3)23(31)27-19-12-7-9-17(15-19)22(30)26-20-13-8-14-21(16-20)29-24(32)28-18-10-5-4-6-11-18/h4-16H,1-3H3,(H,26,30)(H,27,31)(H2,28,29,32). The van der Waals surface area contributed by atoms with Crippen LogP contribution < -0.4 is 21.3 Å². The highest BCUT2D eigenvalue weighted by molar-refractivity contribution is 6.06. The molecule has 0 saturated carbocycles. The molecule has 0 spiro atoms. The average molecular weight is 431 g/mol. The number of carbonyl (C=O) groups is 3. The zero-order valence-electron chi connectivity index (χ0n) is 18.2. The number of anilines is 4. The van der Waals surface area contributed by atoms with Crippen molar-refractivity contribution < 1.29 is 14.4 Å². The fraction of sp³-hybridized carbons (Fsp3) is 0.160. The Bertz CT molecular complexity index is 1120. The van der Waals surface area contributed by atoms with Crippen LogP contribution in [0.15, 0.2) is 78.9 Å². The molecule has 164 valence electrons. The predicted molar refractivity (Wildman–Crippen MR) is 128 cm³/mol. The zero-order valence-corrected chi connectivity index (χ0v) is 18.2. The fourth-order valence-corrected chi connectivity index (χ4v) is 2.75. The van der Waals surface area contributed by atoms with Crippen LogP contribution in [0.2, 0.25) is 0 Å². The Labute approximate surface area is 187 Å². The molecule has 3 aromatic carbocycles. The molecule has 0 fully saturated rings. The summed E-state index contributed by atoms with van der Waals surface area (Å²) >= 11 is 0. The minimum atomic E-state index is -0.543. The Morgan fingerprint density at radius 1 is 0.594 bits per heavy atom.